The number of ether oxygens (including phenoxy) is 1. The molecule has 0 heterocycles. The van der Waals surface area contributed by atoms with Crippen LogP contribution in [-0.2, 0) is 4.79 Å². The van der Waals surface area contributed by atoms with Crippen LogP contribution in [0.15, 0.2) is 70.2 Å². The van der Waals surface area contributed by atoms with Crippen molar-refractivity contribution in [1.82, 2.24) is 10.7 Å². The summed E-state index contributed by atoms with van der Waals surface area (Å²) in [5.74, 6) is -0.0647. The molecule has 0 aromatic heterocycles. The summed E-state index contributed by atoms with van der Waals surface area (Å²) in [7, 11) is 0. The highest BCUT2D eigenvalue weighted by molar-refractivity contribution is 9.10. The molecule has 0 fully saturated rings. The lowest BCUT2D eigenvalue weighted by Gasteiger charge is -2.13. The second-order valence-corrected chi connectivity index (χ2v) is 7.81. The molecular weight excluding hydrogens is 458 g/mol. The third-order valence-corrected chi connectivity index (χ3v) is 5.31. The van der Waals surface area contributed by atoms with Crippen molar-refractivity contribution in [2.75, 3.05) is 6.61 Å². The molecule has 3 aromatic rings. The second-order valence-electron chi connectivity index (χ2n) is 6.96. The zero-order chi connectivity index (χ0) is 22.2. The van der Waals surface area contributed by atoms with Crippen LogP contribution >= 0.6 is 15.9 Å². The van der Waals surface area contributed by atoms with Gasteiger partial charge in [0, 0.05) is 10.0 Å². The summed E-state index contributed by atoms with van der Waals surface area (Å²) in [5.41, 5.74) is 3.75. The topological polar surface area (TPSA) is 79.8 Å². The van der Waals surface area contributed by atoms with E-state index < -0.39 is 11.9 Å². The number of nitrogens with zero attached hydrogens (tertiary/aromatic N) is 1. The van der Waals surface area contributed by atoms with Crippen LogP contribution in [0.2, 0.25) is 0 Å². The monoisotopic (exact) mass is 481 g/mol. The maximum Gasteiger partial charge on any atom is 0.262 e. The number of carbonyl (C=O) groups excluding carboxylic acids is 2. The van der Waals surface area contributed by atoms with E-state index in [-0.39, 0.29) is 5.91 Å². The zero-order valence-corrected chi connectivity index (χ0v) is 19.0. The van der Waals surface area contributed by atoms with Crippen LogP contribution in [0.1, 0.15) is 36.2 Å². The van der Waals surface area contributed by atoms with Gasteiger partial charge in [0.1, 0.15) is 11.8 Å². The molecule has 31 heavy (non-hydrogen) atoms. The van der Waals surface area contributed by atoms with Crippen molar-refractivity contribution in [1.29, 1.82) is 0 Å². The quantitative estimate of drug-likeness (QED) is 0.362. The fourth-order valence-electron chi connectivity index (χ4n) is 2.99. The lowest BCUT2D eigenvalue weighted by Crippen LogP contribution is -2.43. The minimum absolute atomic E-state index is 0.344. The molecular formula is C24H24BrN3O3. The number of amides is 2. The first-order valence-corrected chi connectivity index (χ1v) is 10.8. The van der Waals surface area contributed by atoms with E-state index in [0.29, 0.717) is 22.4 Å². The molecule has 2 N–H and O–H groups in total. The van der Waals surface area contributed by atoms with Gasteiger partial charge in [0.15, 0.2) is 0 Å². The first-order valence-electron chi connectivity index (χ1n) is 10.0. The summed E-state index contributed by atoms with van der Waals surface area (Å²) < 4.78 is 6.51. The highest BCUT2D eigenvalue weighted by Gasteiger charge is 2.17. The Bertz CT molecular complexity index is 1110. The number of halogens is 1. The van der Waals surface area contributed by atoms with Gasteiger partial charge in [-0.25, -0.2) is 5.43 Å². The molecule has 0 saturated carbocycles. The van der Waals surface area contributed by atoms with Gasteiger partial charge < -0.3 is 10.1 Å². The fourth-order valence-corrected chi connectivity index (χ4v) is 3.45. The lowest BCUT2D eigenvalue weighted by molar-refractivity contribution is -0.122. The van der Waals surface area contributed by atoms with E-state index in [1.807, 2.05) is 49.4 Å². The zero-order valence-electron chi connectivity index (χ0n) is 17.4. The van der Waals surface area contributed by atoms with Gasteiger partial charge in [-0.15, -0.1) is 0 Å². The van der Waals surface area contributed by atoms with Gasteiger partial charge in [0.25, 0.3) is 11.8 Å². The van der Waals surface area contributed by atoms with Crippen molar-refractivity contribution in [3.05, 3.63) is 76.3 Å². The number of hydrogen-bond donors (Lipinski definition) is 2. The number of nitrogens with one attached hydrogen (secondary N) is 2. The Hall–Kier alpha value is -3.19. The number of hydrogen-bond acceptors (Lipinski definition) is 4. The Balaban J connectivity index is 1.71. The van der Waals surface area contributed by atoms with E-state index in [0.717, 1.165) is 22.8 Å². The van der Waals surface area contributed by atoms with Crippen LogP contribution in [0.25, 0.3) is 10.8 Å². The van der Waals surface area contributed by atoms with E-state index >= 15 is 0 Å². The molecule has 0 aliphatic rings. The molecule has 7 heteroatoms. The molecule has 0 aliphatic carbocycles. The van der Waals surface area contributed by atoms with Crippen LogP contribution < -0.4 is 15.5 Å². The van der Waals surface area contributed by atoms with Gasteiger partial charge in [-0.1, -0.05) is 49.4 Å². The average Bonchev–Trinajstić information content (AvgIpc) is 2.78. The van der Waals surface area contributed by atoms with E-state index in [1.54, 1.807) is 31.3 Å². The summed E-state index contributed by atoms with van der Waals surface area (Å²) in [4.78, 5) is 24.8. The van der Waals surface area contributed by atoms with E-state index in [1.165, 1.54) is 0 Å². The molecule has 0 aliphatic heterocycles. The SMILES string of the molecule is CCCOc1ccc2ccccc2c1C=NNC(=O)C(C)NC(=O)c1ccccc1Br. The van der Waals surface area contributed by atoms with Crippen LogP contribution in [0.3, 0.4) is 0 Å². The van der Waals surface area contributed by atoms with Crippen LogP contribution in [0, 0.1) is 0 Å². The van der Waals surface area contributed by atoms with Crippen molar-refractivity contribution >= 4 is 44.7 Å². The molecule has 1 atom stereocenters. The lowest BCUT2D eigenvalue weighted by atomic mass is 10.0. The number of benzene rings is 3. The molecule has 3 rings (SSSR count). The maximum atomic E-state index is 12.4. The van der Waals surface area contributed by atoms with Gasteiger partial charge in [-0.3, -0.25) is 9.59 Å². The van der Waals surface area contributed by atoms with E-state index in [2.05, 4.69) is 31.8 Å². The fraction of sp³-hybridized carbons (Fsp3) is 0.208. The average molecular weight is 482 g/mol. The highest BCUT2D eigenvalue weighted by Crippen LogP contribution is 2.26. The number of fused-ring (bicyclic) bond motifs is 1. The standard InChI is InChI=1S/C24H24BrN3O3/c1-3-14-31-22-13-12-17-8-4-5-9-18(17)20(22)15-26-28-23(29)16(2)27-24(30)19-10-6-7-11-21(19)25/h4-13,15-16H,3,14H2,1-2H3,(H,27,30)(H,28,29). The minimum Gasteiger partial charge on any atom is -0.493 e. The predicted octanol–water partition coefficient (Wildman–Crippen LogP) is 4.66. The van der Waals surface area contributed by atoms with Crippen LogP contribution in [0.4, 0.5) is 0 Å². The molecule has 2 amide bonds. The number of rotatable bonds is 8. The third-order valence-electron chi connectivity index (χ3n) is 4.62. The van der Waals surface area contributed by atoms with Gasteiger partial charge >= 0.3 is 0 Å². The summed E-state index contributed by atoms with van der Waals surface area (Å²) in [6, 6.07) is 18.1. The van der Waals surface area contributed by atoms with Crippen molar-refractivity contribution in [2.45, 2.75) is 26.3 Å². The Morgan fingerprint density at radius 2 is 1.84 bits per heavy atom. The Morgan fingerprint density at radius 3 is 2.61 bits per heavy atom. The third kappa shape index (κ3) is 5.70. The first kappa shape index (κ1) is 22.5. The van der Waals surface area contributed by atoms with Crippen molar-refractivity contribution in [2.24, 2.45) is 5.10 Å². The van der Waals surface area contributed by atoms with E-state index in [4.69, 9.17) is 4.74 Å². The summed E-state index contributed by atoms with van der Waals surface area (Å²) in [5, 5.41) is 8.81. The van der Waals surface area contributed by atoms with Crippen LogP contribution in [-0.4, -0.2) is 30.7 Å². The van der Waals surface area contributed by atoms with Crippen LogP contribution in [0.5, 0.6) is 5.75 Å². The van der Waals surface area contributed by atoms with Crippen molar-refractivity contribution in [3.63, 3.8) is 0 Å². The first-order chi connectivity index (χ1) is 15.0. The van der Waals surface area contributed by atoms with E-state index in [9.17, 15) is 9.59 Å². The van der Waals surface area contributed by atoms with Crippen molar-refractivity contribution < 1.29 is 14.3 Å². The smallest absolute Gasteiger partial charge is 0.262 e. The molecule has 1 unspecified atom stereocenters. The largest absolute Gasteiger partial charge is 0.493 e. The number of carbonyl (C=O) groups is 2. The van der Waals surface area contributed by atoms with Gasteiger partial charge in [0.2, 0.25) is 0 Å². The molecule has 0 bridgehead atoms. The van der Waals surface area contributed by atoms with Crippen molar-refractivity contribution in [3.8, 4) is 5.75 Å². The second kappa shape index (κ2) is 10.7. The van der Waals surface area contributed by atoms with Gasteiger partial charge in [-0.2, -0.15) is 5.10 Å². The maximum absolute atomic E-state index is 12.4. The molecule has 0 radical (unpaired) electrons. The Kier molecular flexibility index (Phi) is 7.78. The Labute approximate surface area is 189 Å². The Morgan fingerprint density at radius 1 is 1.10 bits per heavy atom. The summed E-state index contributed by atoms with van der Waals surface area (Å²) in [6.07, 6.45) is 2.46. The number of hydrazone groups is 1. The summed E-state index contributed by atoms with van der Waals surface area (Å²) in [6.45, 7) is 4.23. The van der Waals surface area contributed by atoms with Gasteiger partial charge in [0.05, 0.1) is 18.4 Å². The molecule has 6 nitrogen and oxygen atoms in total. The molecule has 160 valence electrons. The molecule has 0 saturated heterocycles. The predicted molar refractivity (Wildman–Crippen MR) is 127 cm³/mol. The molecule has 0 spiro atoms. The molecule has 3 aromatic carbocycles. The highest BCUT2D eigenvalue weighted by atomic mass is 79.9. The summed E-state index contributed by atoms with van der Waals surface area (Å²) >= 11 is 3.34. The minimum atomic E-state index is -0.764. The van der Waals surface area contributed by atoms with Gasteiger partial charge in [-0.05, 0) is 58.2 Å². The normalized spacial score (nSPS) is 12.0.